The molecule has 2 amide bonds. The van der Waals surface area contributed by atoms with Crippen LogP contribution in [-0.4, -0.2) is 23.8 Å². The summed E-state index contributed by atoms with van der Waals surface area (Å²) in [5.41, 5.74) is 0.827. The molecule has 0 aromatic heterocycles. The summed E-state index contributed by atoms with van der Waals surface area (Å²) in [7, 11) is 0. The van der Waals surface area contributed by atoms with E-state index in [1.807, 2.05) is 37.3 Å². The number of halogens is 2. The van der Waals surface area contributed by atoms with Crippen molar-refractivity contribution in [1.29, 1.82) is 0 Å². The first-order valence-corrected chi connectivity index (χ1v) is 7.19. The fourth-order valence-corrected chi connectivity index (χ4v) is 2.24. The zero-order valence-corrected chi connectivity index (χ0v) is 12.6. The van der Waals surface area contributed by atoms with E-state index in [4.69, 9.17) is 0 Å². The Hall–Kier alpha value is -2.47. The molecule has 122 valence electrons. The number of hydrogen-bond acceptors (Lipinski definition) is 2. The summed E-state index contributed by atoms with van der Waals surface area (Å²) in [4.78, 5) is 12.0. The maximum Gasteiger partial charge on any atom is 0.319 e. The second kappa shape index (κ2) is 7.69. The number of nitrogens with one attached hydrogen (secondary N) is 2. The third-order valence-corrected chi connectivity index (χ3v) is 3.62. The van der Waals surface area contributed by atoms with Crippen molar-refractivity contribution in [2.45, 2.75) is 18.9 Å². The van der Waals surface area contributed by atoms with Crippen molar-refractivity contribution in [3.05, 3.63) is 65.7 Å². The minimum atomic E-state index is -0.864. The van der Waals surface area contributed by atoms with E-state index in [-0.39, 0.29) is 18.2 Å². The Morgan fingerprint density at radius 3 is 2.48 bits per heavy atom. The molecule has 3 N–H and O–H groups in total. The van der Waals surface area contributed by atoms with Crippen LogP contribution >= 0.6 is 0 Å². The van der Waals surface area contributed by atoms with Crippen LogP contribution in [0.2, 0.25) is 0 Å². The first kappa shape index (κ1) is 16.9. The van der Waals surface area contributed by atoms with Gasteiger partial charge in [-0.2, -0.15) is 0 Å². The van der Waals surface area contributed by atoms with Crippen LogP contribution in [0.25, 0.3) is 0 Å². The second-order valence-corrected chi connectivity index (χ2v) is 5.21. The van der Waals surface area contributed by atoms with Crippen LogP contribution in [0.4, 0.5) is 19.3 Å². The minimum Gasteiger partial charge on any atom is -0.394 e. The Kier molecular flexibility index (Phi) is 5.65. The normalized spacial score (nSPS) is 13.2. The topological polar surface area (TPSA) is 61.4 Å². The first-order chi connectivity index (χ1) is 11.0. The molecule has 0 aliphatic carbocycles. The molecule has 2 rings (SSSR count). The molecule has 0 bridgehead atoms. The number of hydrogen-bond donors (Lipinski definition) is 3. The van der Waals surface area contributed by atoms with E-state index in [2.05, 4.69) is 10.6 Å². The highest BCUT2D eigenvalue weighted by Gasteiger charge is 2.20. The Balaban J connectivity index is 2.02. The predicted molar refractivity (Wildman–Crippen MR) is 84.2 cm³/mol. The highest BCUT2D eigenvalue weighted by molar-refractivity contribution is 5.89. The van der Waals surface area contributed by atoms with Gasteiger partial charge in [0, 0.05) is 12.0 Å². The van der Waals surface area contributed by atoms with E-state index in [0.717, 1.165) is 17.7 Å². The summed E-state index contributed by atoms with van der Waals surface area (Å²) in [6.45, 7) is 1.60. The average molecular weight is 320 g/mol. The van der Waals surface area contributed by atoms with Crippen molar-refractivity contribution in [2.75, 3.05) is 11.9 Å². The lowest BCUT2D eigenvalue weighted by molar-refractivity contribution is 0.215. The molecule has 2 aromatic carbocycles. The molecule has 0 unspecified atom stereocenters. The Labute approximate surface area is 133 Å². The molecular weight excluding hydrogens is 302 g/mol. The van der Waals surface area contributed by atoms with E-state index >= 15 is 0 Å². The fourth-order valence-electron chi connectivity index (χ4n) is 2.24. The highest BCUT2D eigenvalue weighted by Crippen LogP contribution is 2.19. The van der Waals surface area contributed by atoms with Gasteiger partial charge in [0.15, 0.2) is 0 Å². The number of carbonyl (C=O) groups is 1. The standard InChI is InChI=1S/C17H18F2N2O2/c1-11(12-5-3-2-4-6-12)16(10-22)21-17(23)20-15-8-7-13(18)9-14(15)19/h2-9,11,16,22H,10H2,1H3,(H2,20,21,23)/t11-,16+/m1/s1. The monoisotopic (exact) mass is 320 g/mol. The summed E-state index contributed by atoms with van der Waals surface area (Å²) >= 11 is 0. The first-order valence-electron chi connectivity index (χ1n) is 7.19. The van der Waals surface area contributed by atoms with Crippen molar-refractivity contribution in [2.24, 2.45) is 0 Å². The minimum absolute atomic E-state index is 0.132. The lowest BCUT2D eigenvalue weighted by Gasteiger charge is -2.24. The Morgan fingerprint density at radius 1 is 1.17 bits per heavy atom. The molecule has 0 radical (unpaired) electrons. The highest BCUT2D eigenvalue weighted by atomic mass is 19.1. The van der Waals surface area contributed by atoms with Crippen LogP contribution in [0.15, 0.2) is 48.5 Å². The summed E-state index contributed by atoms with van der Waals surface area (Å²) in [5.74, 6) is -1.72. The summed E-state index contributed by atoms with van der Waals surface area (Å²) in [6.07, 6.45) is 0. The van der Waals surface area contributed by atoms with Crippen molar-refractivity contribution >= 4 is 11.7 Å². The van der Waals surface area contributed by atoms with Gasteiger partial charge < -0.3 is 15.7 Å². The number of carbonyl (C=O) groups excluding carboxylic acids is 1. The molecule has 0 saturated heterocycles. The number of benzene rings is 2. The molecule has 0 saturated carbocycles. The third-order valence-electron chi connectivity index (χ3n) is 3.62. The largest absolute Gasteiger partial charge is 0.394 e. The molecule has 0 aliphatic rings. The Morgan fingerprint density at radius 2 is 1.87 bits per heavy atom. The number of rotatable bonds is 5. The molecule has 0 fully saturated rings. The molecule has 0 spiro atoms. The molecule has 0 heterocycles. The smallest absolute Gasteiger partial charge is 0.319 e. The van der Waals surface area contributed by atoms with Crippen molar-refractivity contribution in [3.63, 3.8) is 0 Å². The molecule has 4 nitrogen and oxygen atoms in total. The fraction of sp³-hybridized carbons (Fsp3) is 0.235. The third kappa shape index (κ3) is 4.50. The molecular formula is C17H18F2N2O2. The lowest BCUT2D eigenvalue weighted by atomic mass is 9.94. The van der Waals surface area contributed by atoms with Gasteiger partial charge in [-0.05, 0) is 17.7 Å². The van der Waals surface area contributed by atoms with E-state index in [1.165, 1.54) is 0 Å². The Bertz CT molecular complexity index is 665. The van der Waals surface area contributed by atoms with Crippen LogP contribution in [0.1, 0.15) is 18.4 Å². The van der Waals surface area contributed by atoms with Crippen molar-refractivity contribution < 1.29 is 18.7 Å². The van der Waals surface area contributed by atoms with E-state index in [1.54, 1.807) is 0 Å². The average Bonchev–Trinajstić information content (AvgIpc) is 2.55. The number of aliphatic hydroxyl groups excluding tert-OH is 1. The van der Waals surface area contributed by atoms with Gasteiger partial charge in [-0.3, -0.25) is 0 Å². The van der Waals surface area contributed by atoms with E-state index < -0.39 is 23.7 Å². The van der Waals surface area contributed by atoms with Gasteiger partial charge in [-0.25, -0.2) is 13.6 Å². The zero-order chi connectivity index (χ0) is 16.8. The van der Waals surface area contributed by atoms with Crippen molar-refractivity contribution in [1.82, 2.24) is 5.32 Å². The number of anilines is 1. The predicted octanol–water partition coefficient (Wildman–Crippen LogP) is 3.25. The summed E-state index contributed by atoms with van der Waals surface area (Å²) in [6, 6.07) is 11.1. The van der Waals surface area contributed by atoms with Gasteiger partial charge in [0.2, 0.25) is 0 Å². The van der Waals surface area contributed by atoms with E-state index in [9.17, 15) is 18.7 Å². The maximum atomic E-state index is 13.5. The zero-order valence-electron chi connectivity index (χ0n) is 12.6. The number of amides is 2. The molecule has 6 heteroatoms. The molecule has 2 aromatic rings. The van der Waals surface area contributed by atoms with Crippen LogP contribution in [-0.2, 0) is 0 Å². The van der Waals surface area contributed by atoms with Gasteiger partial charge in [0.25, 0.3) is 0 Å². The van der Waals surface area contributed by atoms with Crippen LogP contribution in [0, 0.1) is 11.6 Å². The van der Waals surface area contributed by atoms with Gasteiger partial charge >= 0.3 is 6.03 Å². The summed E-state index contributed by atoms with van der Waals surface area (Å²) < 4.78 is 26.4. The number of aliphatic hydroxyl groups is 1. The second-order valence-electron chi connectivity index (χ2n) is 5.21. The SMILES string of the molecule is C[C@H](c1ccccc1)[C@H](CO)NC(=O)Nc1ccc(F)cc1F. The summed E-state index contributed by atoms with van der Waals surface area (Å²) in [5, 5.41) is 14.4. The van der Waals surface area contributed by atoms with Gasteiger partial charge in [0.05, 0.1) is 18.3 Å². The molecule has 0 aliphatic heterocycles. The molecule has 2 atom stereocenters. The van der Waals surface area contributed by atoms with Crippen molar-refractivity contribution in [3.8, 4) is 0 Å². The number of urea groups is 1. The van der Waals surface area contributed by atoms with Gasteiger partial charge in [0.1, 0.15) is 11.6 Å². The van der Waals surface area contributed by atoms with Gasteiger partial charge in [-0.1, -0.05) is 37.3 Å². The van der Waals surface area contributed by atoms with Crippen LogP contribution < -0.4 is 10.6 Å². The van der Waals surface area contributed by atoms with E-state index in [0.29, 0.717) is 6.07 Å². The molecule has 23 heavy (non-hydrogen) atoms. The lowest BCUT2D eigenvalue weighted by Crippen LogP contribution is -2.43. The van der Waals surface area contributed by atoms with Crippen LogP contribution in [0.3, 0.4) is 0 Å². The maximum absolute atomic E-state index is 13.5. The quantitative estimate of drug-likeness (QED) is 0.792. The van der Waals surface area contributed by atoms with Crippen LogP contribution in [0.5, 0.6) is 0 Å². The van der Waals surface area contributed by atoms with Gasteiger partial charge in [-0.15, -0.1) is 0 Å².